The summed E-state index contributed by atoms with van der Waals surface area (Å²) < 4.78 is 0. The summed E-state index contributed by atoms with van der Waals surface area (Å²) in [5.74, 6) is 0. The zero-order valence-corrected chi connectivity index (χ0v) is 12.3. The molecule has 0 aromatic heterocycles. The summed E-state index contributed by atoms with van der Waals surface area (Å²) in [7, 11) is 0. The Balaban J connectivity index is 1.90. The van der Waals surface area contributed by atoms with Crippen LogP contribution in [0.3, 0.4) is 0 Å². The second-order valence-corrected chi connectivity index (χ2v) is 6.44. The quantitative estimate of drug-likeness (QED) is 0.814. The van der Waals surface area contributed by atoms with E-state index in [0.29, 0.717) is 0 Å². The van der Waals surface area contributed by atoms with E-state index in [4.69, 9.17) is 5.73 Å². The molecule has 106 valence electrons. The summed E-state index contributed by atoms with van der Waals surface area (Å²) in [6.45, 7) is 10.6. The van der Waals surface area contributed by atoms with E-state index in [0.717, 1.165) is 12.6 Å². The van der Waals surface area contributed by atoms with E-state index in [1.807, 2.05) is 0 Å². The first-order chi connectivity index (χ1) is 8.69. The number of nitrogens with zero attached hydrogens (tertiary/aromatic N) is 2. The molecule has 2 rings (SSSR count). The fourth-order valence-corrected chi connectivity index (χ4v) is 3.74. The molecule has 2 fully saturated rings. The van der Waals surface area contributed by atoms with Crippen LogP contribution in [0, 0.1) is 0 Å². The molecule has 0 aromatic carbocycles. The minimum Gasteiger partial charge on any atom is -0.329 e. The molecule has 2 heterocycles. The monoisotopic (exact) mass is 253 g/mol. The van der Waals surface area contributed by atoms with Gasteiger partial charge in [0.1, 0.15) is 0 Å². The average molecular weight is 253 g/mol. The van der Waals surface area contributed by atoms with Crippen molar-refractivity contribution in [3.8, 4) is 0 Å². The molecule has 18 heavy (non-hydrogen) atoms. The highest BCUT2D eigenvalue weighted by Crippen LogP contribution is 2.28. The lowest BCUT2D eigenvalue weighted by Crippen LogP contribution is -2.52. The van der Waals surface area contributed by atoms with Gasteiger partial charge in [0, 0.05) is 31.2 Å². The van der Waals surface area contributed by atoms with Gasteiger partial charge in [0.2, 0.25) is 0 Å². The molecule has 2 unspecified atom stereocenters. The largest absolute Gasteiger partial charge is 0.329 e. The lowest BCUT2D eigenvalue weighted by molar-refractivity contribution is 0.106. The van der Waals surface area contributed by atoms with Gasteiger partial charge in [-0.1, -0.05) is 19.8 Å². The Bertz CT molecular complexity index is 250. The van der Waals surface area contributed by atoms with E-state index < -0.39 is 0 Å². The molecule has 0 bridgehead atoms. The molecule has 2 aliphatic rings. The van der Waals surface area contributed by atoms with Crippen LogP contribution in [0.1, 0.15) is 52.4 Å². The van der Waals surface area contributed by atoms with Gasteiger partial charge >= 0.3 is 0 Å². The molecule has 2 aliphatic heterocycles. The van der Waals surface area contributed by atoms with Crippen molar-refractivity contribution < 1.29 is 0 Å². The van der Waals surface area contributed by atoms with Crippen LogP contribution in [0.2, 0.25) is 0 Å². The number of hydrogen-bond donors (Lipinski definition) is 1. The smallest absolute Gasteiger partial charge is 0.0304 e. The number of hydrogen-bond acceptors (Lipinski definition) is 3. The van der Waals surface area contributed by atoms with Crippen molar-refractivity contribution in [3.05, 3.63) is 0 Å². The molecule has 2 saturated heterocycles. The van der Waals surface area contributed by atoms with Crippen LogP contribution >= 0.6 is 0 Å². The third kappa shape index (κ3) is 3.06. The summed E-state index contributed by atoms with van der Waals surface area (Å²) in [6, 6.07) is 0.799. The molecule has 3 heteroatoms. The maximum Gasteiger partial charge on any atom is 0.0304 e. The van der Waals surface area contributed by atoms with Gasteiger partial charge in [0.05, 0.1) is 0 Å². The second-order valence-electron chi connectivity index (χ2n) is 6.44. The highest BCUT2D eigenvalue weighted by atomic mass is 15.3. The van der Waals surface area contributed by atoms with E-state index in [1.165, 1.54) is 64.7 Å². The van der Waals surface area contributed by atoms with Crippen molar-refractivity contribution in [3.63, 3.8) is 0 Å². The number of rotatable bonds is 5. The molecule has 0 saturated carbocycles. The molecule has 0 aromatic rings. The number of piperidine rings is 1. The van der Waals surface area contributed by atoms with Gasteiger partial charge in [-0.25, -0.2) is 0 Å². The summed E-state index contributed by atoms with van der Waals surface area (Å²) >= 11 is 0. The maximum atomic E-state index is 6.04. The van der Waals surface area contributed by atoms with Crippen molar-refractivity contribution in [2.75, 3.05) is 32.7 Å². The fourth-order valence-electron chi connectivity index (χ4n) is 3.74. The molecule has 0 aliphatic carbocycles. The Morgan fingerprint density at radius 3 is 2.50 bits per heavy atom. The van der Waals surface area contributed by atoms with Gasteiger partial charge in [-0.2, -0.15) is 0 Å². The van der Waals surface area contributed by atoms with E-state index in [9.17, 15) is 0 Å². The van der Waals surface area contributed by atoms with Crippen LogP contribution in [0.5, 0.6) is 0 Å². The minimum atomic E-state index is 0.235. The van der Waals surface area contributed by atoms with E-state index >= 15 is 0 Å². The van der Waals surface area contributed by atoms with Crippen molar-refractivity contribution in [1.82, 2.24) is 9.80 Å². The lowest BCUT2D eigenvalue weighted by atomic mass is 9.94. The van der Waals surface area contributed by atoms with Crippen LogP contribution in [-0.4, -0.2) is 54.1 Å². The molecular formula is C15H31N3. The summed E-state index contributed by atoms with van der Waals surface area (Å²) in [4.78, 5) is 5.39. The SMILES string of the molecule is CCCC(C)(CN)N1CCC(N2CCCCC2)C1. The Morgan fingerprint density at radius 2 is 1.89 bits per heavy atom. The van der Waals surface area contributed by atoms with Gasteiger partial charge in [0.25, 0.3) is 0 Å². The predicted molar refractivity (Wildman–Crippen MR) is 77.8 cm³/mol. The number of nitrogens with two attached hydrogens (primary N) is 1. The van der Waals surface area contributed by atoms with Gasteiger partial charge in [-0.3, -0.25) is 9.80 Å². The topological polar surface area (TPSA) is 32.5 Å². The first-order valence-corrected chi connectivity index (χ1v) is 7.89. The van der Waals surface area contributed by atoms with E-state index in [1.54, 1.807) is 0 Å². The van der Waals surface area contributed by atoms with Crippen LogP contribution in [0.15, 0.2) is 0 Å². The van der Waals surface area contributed by atoms with E-state index in [2.05, 4.69) is 23.6 Å². The standard InChI is InChI=1S/C15H31N3/c1-3-8-15(2,13-16)18-11-7-14(12-18)17-9-5-4-6-10-17/h14H,3-13,16H2,1-2H3. The number of likely N-dealkylation sites (tertiary alicyclic amines) is 2. The van der Waals surface area contributed by atoms with Gasteiger partial charge in [0.15, 0.2) is 0 Å². The average Bonchev–Trinajstić information content (AvgIpc) is 2.90. The van der Waals surface area contributed by atoms with Crippen molar-refractivity contribution >= 4 is 0 Å². The zero-order chi connectivity index (χ0) is 13.0. The van der Waals surface area contributed by atoms with Crippen LogP contribution < -0.4 is 5.73 Å². The maximum absolute atomic E-state index is 6.04. The summed E-state index contributed by atoms with van der Waals surface area (Å²) in [5, 5.41) is 0. The second kappa shape index (κ2) is 6.36. The first-order valence-electron chi connectivity index (χ1n) is 7.89. The Kier molecular flexibility index (Phi) is 5.05. The predicted octanol–water partition coefficient (Wildman–Crippen LogP) is 2.06. The zero-order valence-electron chi connectivity index (χ0n) is 12.3. The molecule has 0 amide bonds. The highest BCUT2D eigenvalue weighted by molar-refractivity contribution is 4.95. The normalized spacial score (nSPS) is 30.5. The molecule has 2 atom stereocenters. The third-order valence-corrected chi connectivity index (χ3v) is 5.06. The Morgan fingerprint density at radius 1 is 1.17 bits per heavy atom. The summed E-state index contributed by atoms with van der Waals surface area (Å²) in [5.41, 5.74) is 6.28. The third-order valence-electron chi connectivity index (χ3n) is 5.06. The first kappa shape index (κ1) is 14.3. The fraction of sp³-hybridized carbons (Fsp3) is 1.00. The Labute approximate surface area is 113 Å². The highest BCUT2D eigenvalue weighted by Gasteiger charge is 2.37. The molecule has 2 N–H and O–H groups in total. The molecule has 0 radical (unpaired) electrons. The van der Waals surface area contributed by atoms with Gasteiger partial charge in [-0.15, -0.1) is 0 Å². The van der Waals surface area contributed by atoms with Crippen LogP contribution in [-0.2, 0) is 0 Å². The van der Waals surface area contributed by atoms with Gasteiger partial charge < -0.3 is 5.73 Å². The minimum absolute atomic E-state index is 0.235. The Hall–Kier alpha value is -0.120. The molecule has 0 spiro atoms. The molecule has 3 nitrogen and oxygen atoms in total. The van der Waals surface area contributed by atoms with Crippen molar-refractivity contribution in [2.24, 2.45) is 5.73 Å². The van der Waals surface area contributed by atoms with Crippen LogP contribution in [0.4, 0.5) is 0 Å². The van der Waals surface area contributed by atoms with Crippen LogP contribution in [0.25, 0.3) is 0 Å². The van der Waals surface area contributed by atoms with Crippen molar-refractivity contribution in [2.45, 2.75) is 64.0 Å². The van der Waals surface area contributed by atoms with E-state index in [-0.39, 0.29) is 5.54 Å². The summed E-state index contributed by atoms with van der Waals surface area (Å²) in [6.07, 6.45) is 8.05. The van der Waals surface area contributed by atoms with Gasteiger partial charge in [-0.05, 0) is 45.7 Å². The lowest BCUT2D eigenvalue weighted by Gasteiger charge is -2.39. The molecular weight excluding hydrogens is 222 g/mol. The van der Waals surface area contributed by atoms with Crippen molar-refractivity contribution in [1.29, 1.82) is 0 Å².